The molecule has 20 heavy (non-hydrogen) atoms. The summed E-state index contributed by atoms with van der Waals surface area (Å²) in [4.78, 5) is 11.4. The number of furan rings is 1. The first-order valence-electron chi connectivity index (χ1n) is 6.93. The lowest BCUT2D eigenvalue weighted by Crippen LogP contribution is -2.11. The average molecular weight is 274 g/mol. The molecule has 3 nitrogen and oxygen atoms in total. The summed E-state index contributed by atoms with van der Waals surface area (Å²) in [5.74, 6) is -0.817. The Morgan fingerprint density at radius 1 is 1.25 bits per heavy atom. The molecular formula is C17H22O3. The topological polar surface area (TPSA) is 50.4 Å². The van der Waals surface area contributed by atoms with Crippen molar-refractivity contribution in [3.63, 3.8) is 0 Å². The number of hydrogen-bond acceptors (Lipinski definition) is 2. The molecule has 0 atom stereocenters. The maximum atomic E-state index is 11.4. The van der Waals surface area contributed by atoms with Gasteiger partial charge in [0.05, 0.1) is 0 Å². The van der Waals surface area contributed by atoms with Crippen LogP contribution in [0.15, 0.2) is 16.5 Å². The van der Waals surface area contributed by atoms with Crippen molar-refractivity contribution in [2.75, 3.05) is 0 Å². The Balaban J connectivity index is 2.87. The van der Waals surface area contributed by atoms with Crippen LogP contribution < -0.4 is 0 Å². The molecule has 0 aliphatic heterocycles. The summed E-state index contributed by atoms with van der Waals surface area (Å²) in [7, 11) is 0. The summed E-state index contributed by atoms with van der Waals surface area (Å²) in [6.07, 6.45) is 0. The third-order valence-electron chi connectivity index (χ3n) is 3.65. The van der Waals surface area contributed by atoms with E-state index in [0.717, 1.165) is 16.5 Å². The van der Waals surface area contributed by atoms with Gasteiger partial charge in [0.25, 0.3) is 0 Å². The van der Waals surface area contributed by atoms with Crippen LogP contribution in [0.25, 0.3) is 11.0 Å². The molecule has 0 aliphatic rings. The van der Waals surface area contributed by atoms with Crippen LogP contribution in [-0.2, 0) is 5.41 Å². The van der Waals surface area contributed by atoms with Crippen molar-refractivity contribution < 1.29 is 14.3 Å². The largest absolute Gasteiger partial charge is 0.475 e. The molecule has 0 bridgehead atoms. The average Bonchev–Trinajstić information content (AvgIpc) is 2.67. The smallest absolute Gasteiger partial charge is 0.372 e. The van der Waals surface area contributed by atoms with Gasteiger partial charge in [0.1, 0.15) is 5.58 Å². The van der Waals surface area contributed by atoms with Crippen molar-refractivity contribution >= 4 is 16.9 Å². The minimum absolute atomic E-state index is 0.0217. The summed E-state index contributed by atoms with van der Waals surface area (Å²) in [5.41, 5.74) is 3.69. The standard InChI is InChI=1S/C17H22O3/c1-9(2)13-12-8-11(17(4,5)6)7-10(3)14(12)20-15(13)16(18)19/h7-9H,1-6H3,(H,18,19). The molecule has 0 unspecified atom stereocenters. The highest BCUT2D eigenvalue weighted by Crippen LogP contribution is 2.36. The van der Waals surface area contributed by atoms with Crippen LogP contribution in [-0.4, -0.2) is 11.1 Å². The Morgan fingerprint density at radius 3 is 2.30 bits per heavy atom. The summed E-state index contributed by atoms with van der Waals surface area (Å²) in [6, 6.07) is 4.16. The predicted molar refractivity (Wildman–Crippen MR) is 80.7 cm³/mol. The third kappa shape index (κ3) is 2.33. The van der Waals surface area contributed by atoms with Crippen molar-refractivity contribution in [3.8, 4) is 0 Å². The van der Waals surface area contributed by atoms with Crippen LogP contribution in [0.2, 0.25) is 0 Å². The second kappa shape index (κ2) is 4.65. The van der Waals surface area contributed by atoms with E-state index >= 15 is 0 Å². The number of rotatable bonds is 2. The molecule has 0 aliphatic carbocycles. The van der Waals surface area contributed by atoms with Gasteiger partial charge in [-0.2, -0.15) is 0 Å². The number of benzene rings is 1. The van der Waals surface area contributed by atoms with Gasteiger partial charge in [-0.25, -0.2) is 4.79 Å². The van der Waals surface area contributed by atoms with Crippen molar-refractivity contribution in [3.05, 3.63) is 34.6 Å². The molecule has 0 saturated carbocycles. The molecule has 3 heteroatoms. The normalized spacial score (nSPS) is 12.3. The highest BCUT2D eigenvalue weighted by Gasteiger charge is 2.25. The fraction of sp³-hybridized carbons (Fsp3) is 0.471. The molecule has 0 radical (unpaired) electrons. The maximum absolute atomic E-state index is 11.4. The molecule has 0 amide bonds. The van der Waals surface area contributed by atoms with E-state index in [4.69, 9.17) is 4.42 Å². The Morgan fingerprint density at radius 2 is 1.85 bits per heavy atom. The number of aromatic carboxylic acids is 1. The summed E-state index contributed by atoms with van der Waals surface area (Å²) < 4.78 is 5.62. The first-order chi connectivity index (χ1) is 9.12. The van der Waals surface area contributed by atoms with Crippen LogP contribution in [0.5, 0.6) is 0 Å². The number of carboxylic acid groups (broad SMARTS) is 1. The van der Waals surface area contributed by atoms with Gasteiger partial charge in [0, 0.05) is 10.9 Å². The van der Waals surface area contributed by atoms with Crippen LogP contribution in [0.1, 0.15) is 67.8 Å². The van der Waals surface area contributed by atoms with E-state index in [0.29, 0.717) is 5.58 Å². The second-order valence-corrected chi connectivity index (χ2v) is 6.72. The highest BCUT2D eigenvalue weighted by molar-refractivity contribution is 5.96. The summed E-state index contributed by atoms with van der Waals surface area (Å²) in [6.45, 7) is 12.4. The molecule has 1 aromatic heterocycles. The minimum Gasteiger partial charge on any atom is -0.475 e. The van der Waals surface area contributed by atoms with E-state index in [1.165, 1.54) is 5.56 Å². The molecule has 0 spiro atoms. The number of hydrogen-bond donors (Lipinski definition) is 1. The highest BCUT2D eigenvalue weighted by atomic mass is 16.4. The van der Waals surface area contributed by atoms with E-state index < -0.39 is 5.97 Å². The van der Waals surface area contributed by atoms with Gasteiger partial charge in [-0.15, -0.1) is 0 Å². The zero-order valence-corrected chi connectivity index (χ0v) is 13.0. The van der Waals surface area contributed by atoms with Crippen molar-refractivity contribution in [2.24, 2.45) is 0 Å². The lowest BCUT2D eigenvalue weighted by Gasteiger charge is -2.20. The summed E-state index contributed by atoms with van der Waals surface area (Å²) >= 11 is 0. The minimum atomic E-state index is -0.999. The summed E-state index contributed by atoms with van der Waals surface area (Å²) in [5, 5.41) is 10.3. The van der Waals surface area contributed by atoms with Crippen LogP contribution in [0.3, 0.4) is 0 Å². The second-order valence-electron chi connectivity index (χ2n) is 6.72. The van der Waals surface area contributed by atoms with Crippen molar-refractivity contribution in [2.45, 2.75) is 52.9 Å². The third-order valence-corrected chi connectivity index (χ3v) is 3.65. The Kier molecular flexibility index (Phi) is 3.41. The lowest BCUT2D eigenvalue weighted by atomic mass is 9.84. The zero-order chi connectivity index (χ0) is 15.2. The van der Waals surface area contributed by atoms with E-state index in [1.54, 1.807) is 0 Å². The Hall–Kier alpha value is -1.77. The van der Waals surface area contributed by atoms with E-state index in [9.17, 15) is 9.90 Å². The van der Waals surface area contributed by atoms with Crippen LogP contribution >= 0.6 is 0 Å². The molecule has 1 N–H and O–H groups in total. The molecule has 1 heterocycles. The first-order valence-corrected chi connectivity index (χ1v) is 6.93. The van der Waals surface area contributed by atoms with Crippen LogP contribution in [0.4, 0.5) is 0 Å². The van der Waals surface area contributed by atoms with E-state index in [-0.39, 0.29) is 17.1 Å². The molecule has 108 valence electrons. The van der Waals surface area contributed by atoms with E-state index in [1.807, 2.05) is 20.8 Å². The fourth-order valence-corrected chi connectivity index (χ4v) is 2.55. The molecule has 2 aromatic rings. The van der Waals surface area contributed by atoms with Crippen LogP contribution in [0, 0.1) is 6.92 Å². The van der Waals surface area contributed by atoms with Gasteiger partial charge in [0.15, 0.2) is 0 Å². The number of carboxylic acids is 1. The van der Waals surface area contributed by atoms with Crippen molar-refractivity contribution in [1.82, 2.24) is 0 Å². The molecular weight excluding hydrogens is 252 g/mol. The number of aryl methyl sites for hydroxylation is 1. The Bertz CT molecular complexity index is 670. The molecule has 0 fully saturated rings. The van der Waals surface area contributed by atoms with Gasteiger partial charge >= 0.3 is 5.97 Å². The van der Waals surface area contributed by atoms with E-state index in [2.05, 4.69) is 32.9 Å². The maximum Gasteiger partial charge on any atom is 0.372 e. The van der Waals surface area contributed by atoms with Gasteiger partial charge in [-0.1, -0.05) is 40.7 Å². The molecule has 0 saturated heterocycles. The fourth-order valence-electron chi connectivity index (χ4n) is 2.55. The van der Waals surface area contributed by atoms with Gasteiger partial charge in [-0.05, 0) is 35.4 Å². The predicted octanol–water partition coefficient (Wildman–Crippen LogP) is 4.86. The van der Waals surface area contributed by atoms with Gasteiger partial charge < -0.3 is 9.52 Å². The number of carbonyl (C=O) groups is 1. The first kappa shape index (κ1) is 14.6. The molecule has 1 aromatic carbocycles. The lowest BCUT2D eigenvalue weighted by molar-refractivity contribution is 0.0662. The van der Waals surface area contributed by atoms with Gasteiger partial charge in [-0.3, -0.25) is 0 Å². The van der Waals surface area contributed by atoms with Gasteiger partial charge in [0.2, 0.25) is 5.76 Å². The SMILES string of the molecule is Cc1cc(C(C)(C)C)cc2c(C(C)C)c(C(=O)O)oc12. The number of fused-ring (bicyclic) bond motifs is 1. The quantitative estimate of drug-likeness (QED) is 0.850. The molecule has 2 rings (SSSR count). The van der Waals surface area contributed by atoms with Crippen molar-refractivity contribution in [1.29, 1.82) is 0 Å². The Labute approximate surface area is 119 Å². The monoisotopic (exact) mass is 274 g/mol. The zero-order valence-electron chi connectivity index (χ0n) is 13.0.